The Labute approximate surface area is 147 Å². The minimum atomic E-state index is -0.187. The quantitative estimate of drug-likeness (QED) is 0.921. The highest BCUT2D eigenvalue weighted by Crippen LogP contribution is 2.17. The molecule has 3 rings (SSSR count). The highest BCUT2D eigenvalue weighted by atomic mass is 16.2. The monoisotopic (exact) mass is 338 g/mol. The van der Waals surface area contributed by atoms with Crippen molar-refractivity contribution < 1.29 is 9.59 Å². The summed E-state index contributed by atoms with van der Waals surface area (Å²) in [6.45, 7) is 4.99. The molecule has 0 radical (unpaired) electrons. The minimum absolute atomic E-state index is 0.107. The maximum atomic E-state index is 12.3. The molecular formula is C19H22N4O2. The number of benzene rings is 1. The number of amides is 2. The van der Waals surface area contributed by atoms with Gasteiger partial charge in [-0.05, 0) is 17.7 Å². The third-order valence-electron chi connectivity index (χ3n) is 4.36. The molecule has 2 aromatic rings. The van der Waals surface area contributed by atoms with Gasteiger partial charge in [-0.2, -0.15) is 0 Å². The van der Waals surface area contributed by atoms with Crippen molar-refractivity contribution in [3.63, 3.8) is 0 Å². The van der Waals surface area contributed by atoms with Crippen molar-refractivity contribution in [2.24, 2.45) is 0 Å². The van der Waals surface area contributed by atoms with Crippen LogP contribution in [0.25, 0.3) is 0 Å². The maximum Gasteiger partial charge on any atom is 0.270 e. The minimum Gasteiger partial charge on any atom is -0.368 e. The van der Waals surface area contributed by atoms with Crippen LogP contribution in [0.3, 0.4) is 0 Å². The molecule has 1 fully saturated rings. The predicted molar refractivity (Wildman–Crippen MR) is 96.3 cm³/mol. The molecule has 0 spiro atoms. The summed E-state index contributed by atoms with van der Waals surface area (Å²) in [4.78, 5) is 32.0. The van der Waals surface area contributed by atoms with Crippen LogP contribution in [0, 0.1) is 0 Å². The zero-order chi connectivity index (χ0) is 17.6. The Morgan fingerprint density at radius 3 is 2.48 bits per heavy atom. The first kappa shape index (κ1) is 17.0. The fourth-order valence-electron chi connectivity index (χ4n) is 2.89. The lowest BCUT2D eigenvalue weighted by Gasteiger charge is -2.35. The molecular weight excluding hydrogens is 316 g/mol. The Morgan fingerprint density at radius 1 is 1.08 bits per heavy atom. The number of nitrogens with zero attached hydrogens (tertiary/aromatic N) is 3. The molecule has 6 heteroatoms. The van der Waals surface area contributed by atoms with Crippen LogP contribution in [0.2, 0.25) is 0 Å². The Morgan fingerprint density at radius 2 is 1.80 bits per heavy atom. The van der Waals surface area contributed by atoms with Gasteiger partial charge in [0.1, 0.15) is 5.69 Å². The molecule has 2 amide bonds. The number of aromatic nitrogens is 1. The summed E-state index contributed by atoms with van der Waals surface area (Å²) in [6.07, 6.45) is 1.66. The molecule has 0 unspecified atom stereocenters. The van der Waals surface area contributed by atoms with Gasteiger partial charge in [-0.15, -0.1) is 0 Å². The van der Waals surface area contributed by atoms with E-state index in [2.05, 4.69) is 15.2 Å². The summed E-state index contributed by atoms with van der Waals surface area (Å²) in [5.41, 5.74) is 2.41. The molecule has 2 heterocycles. The standard InChI is InChI=1S/C19H22N4O2/c1-15(24)22-9-11-23(12-10-22)17-7-8-20-18(13-17)19(25)21-14-16-5-3-2-4-6-16/h2-8,13H,9-12,14H2,1H3,(H,21,25). The number of hydrogen-bond acceptors (Lipinski definition) is 4. The molecule has 6 nitrogen and oxygen atoms in total. The van der Waals surface area contributed by atoms with Gasteiger partial charge in [0.2, 0.25) is 5.91 Å². The number of anilines is 1. The number of carbonyl (C=O) groups is 2. The maximum absolute atomic E-state index is 12.3. The molecule has 0 atom stereocenters. The molecule has 1 N–H and O–H groups in total. The van der Waals surface area contributed by atoms with Gasteiger partial charge in [-0.25, -0.2) is 0 Å². The predicted octanol–water partition coefficient (Wildman–Crippen LogP) is 1.68. The van der Waals surface area contributed by atoms with E-state index in [4.69, 9.17) is 0 Å². The van der Waals surface area contributed by atoms with E-state index in [1.165, 1.54) is 0 Å². The highest BCUT2D eigenvalue weighted by molar-refractivity contribution is 5.93. The van der Waals surface area contributed by atoms with Crippen molar-refractivity contribution in [2.45, 2.75) is 13.5 Å². The molecule has 25 heavy (non-hydrogen) atoms. The van der Waals surface area contributed by atoms with E-state index in [9.17, 15) is 9.59 Å². The molecule has 1 aromatic heterocycles. The van der Waals surface area contributed by atoms with Gasteiger partial charge >= 0.3 is 0 Å². The number of pyridine rings is 1. The summed E-state index contributed by atoms with van der Waals surface area (Å²) in [5, 5.41) is 2.89. The van der Waals surface area contributed by atoms with Gasteiger partial charge in [-0.1, -0.05) is 30.3 Å². The van der Waals surface area contributed by atoms with E-state index >= 15 is 0 Å². The normalized spacial score (nSPS) is 14.3. The van der Waals surface area contributed by atoms with Crippen LogP contribution in [0.1, 0.15) is 23.0 Å². The molecule has 1 aromatic carbocycles. The largest absolute Gasteiger partial charge is 0.368 e. The van der Waals surface area contributed by atoms with Crippen molar-refractivity contribution in [1.82, 2.24) is 15.2 Å². The molecule has 1 aliphatic heterocycles. The third-order valence-corrected chi connectivity index (χ3v) is 4.36. The smallest absolute Gasteiger partial charge is 0.270 e. The van der Waals surface area contributed by atoms with E-state index in [1.807, 2.05) is 47.4 Å². The van der Waals surface area contributed by atoms with E-state index in [1.54, 1.807) is 13.1 Å². The second-order valence-electron chi connectivity index (χ2n) is 6.06. The molecule has 1 aliphatic rings. The highest BCUT2D eigenvalue weighted by Gasteiger charge is 2.19. The van der Waals surface area contributed by atoms with Gasteiger partial charge < -0.3 is 15.1 Å². The number of piperazine rings is 1. The van der Waals surface area contributed by atoms with Crippen LogP contribution in [-0.4, -0.2) is 47.9 Å². The zero-order valence-corrected chi connectivity index (χ0v) is 14.3. The van der Waals surface area contributed by atoms with Gasteiger partial charge in [0, 0.05) is 51.5 Å². The van der Waals surface area contributed by atoms with Gasteiger partial charge in [0.15, 0.2) is 0 Å². The van der Waals surface area contributed by atoms with Gasteiger partial charge in [0.05, 0.1) is 0 Å². The number of carbonyl (C=O) groups excluding carboxylic acids is 2. The number of nitrogens with one attached hydrogen (secondary N) is 1. The van der Waals surface area contributed by atoms with Gasteiger partial charge in [-0.3, -0.25) is 14.6 Å². The fraction of sp³-hybridized carbons (Fsp3) is 0.316. The third kappa shape index (κ3) is 4.35. The molecule has 0 bridgehead atoms. The van der Waals surface area contributed by atoms with E-state index in [0.29, 0.717) is 25.3 Å². The zero-order valence-electron chi connectivity index (χ0n) is 14.3. The van der Waals surface area contributed by atoms with Crippen molar-refractivity contribution in [3.05, 3.63) is 59.9 Å². The SMILES string of the molecule is CC(=O)N1CCN(c2ccnc(C(=O)NCc3ccccc3)c2)CC1. The lowest BCUT2D eigenvalue weighted by Crippen LogP contribution is -2.48. The van der Waals surface area contributed by atoms with Gasteiger partial charge in [0.25, 0.3) is 5.91 Å². The lowest BCUT2D eigenvalue weighted by molar-refractivity contribution is -0.129. The van der Waals surface area contributed by atoms with Crippen molar-refractivity contribution in [1.29, 1.82) is 0 Å². The molecule has 130 valence electrons. The van der Waals surface area contributed by atoms with Crippen LogP contribution in [0.15, 0.2) is 48.7 Å². The Hall–Kier alpha value is -2.89. The lowest BCUT2D eigenvalue weighted by atomic mass is 10.2. The second kappa shape index (κ2) is 7.79. The second-order valence-corrected chi connectivity index (χ2v) is 6.06. The van der Waals surface area contributed by atoms with Crippen molar-refractivity contribution in [3.8, 4) is 0 Å². The summed E-state index contributed by atoms with van der Waals surface area (Å²) in [7, 11) is 0. The average Bonchev–Trinajstić information content (AvgIpc) is 2.67. The summed E-state index contributed by atoms with van der Waals surface area (Å²) in [6, 6.07) is 13.5. The number of rotatable bonds is 4. The molecule has 0 aliphatic carbocycles. The topological polar surface area (TPSA) is 65.5 Å². The summed E-state index contributed by atoms with van der Waals surface area (Å²) >= 11 is 0. The van der Waals surface area contributed by atoms with Crippen molar-refractivity contribution in [2.75, 3.05) is 31.1 Å². The average molecular weight is 338 g/mol. The van der Waals surface area contributed by atoms with Crippen LogP contribution in [-0.2, 0) is 11.3 Å². The Kier molecular flexibility index (Phi) is 5.28. The first-order valence-corrected chi connectivity index (χ1v) is 8.42. The molecule has 1 saturated heterocycles. The van der Waals surface area contributed by atoms with Crippen LogP contribution in [0.4, 0.5) is 5.69 Å². The van der Waals surface area contributed by atoms with Crippen LogP contribution < -0.4 is 10.2 Å². The van der Waals surface area contributed by atoms with E-state index < -0.39 is 0 Å². The fourth-order valence-corrected chi connectivity index (χ4v) is 2.89. The Bertz CT molecular complexity index is 740. The van der Waals surface area contributed by atoms with Crippen molar-refractivity contribution >= 4 is 17.5 Å². The molecule has 0 saturated carbocycles. The Balaban J connectivity index is 1.61. The van der Waals surface area contributed by atoms with E-state index in [0.717, 1.165) is 24.3 Å². The van der Waals surface area contributed by atoms with Crippen LogP contribution >= 0.6 is 0 Å². The number of hydrogen-bond donors (Lipinski definition) is 1. The van der Waals surface area contributed by atoms with Crippen LogP contribution in [0.5, 0.6) is 0 Å². The first-order chi connectivity index (χ1) is 12.1. The van der Waals surface area contributed by atoms with E-state index in [-0.39, 0.29) is 11.8 Å². The summed E-state index contributed by atoms with van der Waals surface area (Å²) in [5.74, 6) is -0.0802. The summed E-state index contributed by atoms with van der Waals surface area (Å²) < 4.78 is 0. The first-order valence-electron chi connectivity index (χ1n) is 8.42.